The molecule has 0 heterocycles. The van der Waals surface area contributed by atoms with Crippen LogP contribution in [-0.4, -0.2) is 5.71 Å². The zero-order valence-corrected chi connectivity index (χ0v) is 13.4. The summed E-state index contributed by atoms with van der Waals surface area (Å²) in [5.41, 5.74) is 6.14. The average Bonchev–Trinajstić information content (AvgIpc) is 2.58. The Morgan fingerprint density at radius 3 is 2.58 bits per heavy atom. The first-order valence-electron chi connectivity index (χ1n) is 6.98. The number of ether oxygens (including phenoxy) is 1. The van der Waals surface area contributed by atoms with Crippen LogP contribution >= 0.6 is 11.6 Å². The number of benzene rings is 2. The van der Waals surface area contributed by atoms with Gasteiger partial charge in [0.2, 0.25) is 0 Å². The van der Waals surface area contributed by atoms with E-state index in [0.29, 0.717) is 0 Å². The molecule has 0 saturated heterocycles. The predicted molar refractivity (Wildman–Crippen MR) is 92.1 cm³/mol. The molecule has 0 aliphatic carbocycles. The predicted octanol–water partition coefficient (Wildman–Crippen LogP) is 4.67. The third-order valence-electron chi connectivity index (χ3n) is 3.04. The van der Waals surface area contributed by atoms with Gasteiger partial charge in [0.25, 0.3) is 0 Å². The Morgan fingerprint density at radius 2 is 1.96 bits per heavy atom. The van der Waals surface area contributed by atoms with Gasteiger partial charge in [-0.25, -0.2) is 13.8 Å². The van der Waals surface area contributed by atoms with Crippen LogP contribution in [0.5, 0.6) is 5.75 Å². The Labute approximate surface area is 143 Å². The lowest BCUT2D eigenvalue weighted by Gasteiger charge is -2.13. The highest BCUT2D eigenvalue weighted by atomic mass is 35.5. The number of hydrogen-bond donors (Lipinski definition) is 1. The summed E-state index contributed by atoms with van der Waals surface area (Å²) in [5, 5.41) is -0.139. The lowest BCUT2D eigenvalue weighted by molar-refractivity contribution is 0.304. The Balaban J connectivity index is 2.40. The first-order valence-corrected chi connectivity index (χ1v) is 7.36. The summed E-state index contributed by atoms with van der Waals surface area (Å²) in [5.74, 6) is -1.23. The smallest absolute Gasteiger partial charge is 0.164 e. The molecule has 0 unspecified atom stereocenters. The summed E-state index contributed by atoms with van der Waals surface area (Å²) in [6, 6.07) is 12.9. The monoisotopic (exact) mass is 348 g/mol. The molecule has 3 nitrogen and oxygen atoms in total. The molecule has 2 N–H and O–H groups in total. The SMILES string of the molecule is C=C(Cl)N=C(/C(F)=C\N)c1ccc(F)cc1OCc1ccccc1. The van der Waals surface area contributed by atoms with Crippen LogP contribution in [0.4, 0.5) is 8.78 Å². The van der Waals surface area contributed by atoms with Gasteiger partial charge in [0.1, 0.15) is 29.0 Å². The minimum atomic E-state index is -0.826. The van der Waals surface area contributed by atoms with Gasteiger partial charge in [-0.3, -0.25) is 0 Å². The average molecular weight is 349 g/mol. The molecule has 2 rings (SSSR count). The van der Waals surface area contributed by atoms with Crippen molar-refractivity contribution in [3.05, 3.63) is 89.2 Å². The number of rotatable bonds is 6. The maximum Gasteiger partial charge on any atom is 0.164 e. The first-order chi connectivity index (χ1) is 11.5. The molecule has 124 valence electrons. The van der Waals surface area contributed by atoms with E-state index in [1.807, 2.05) is 30.3 Å². The third-order valence-corrected chi connectivity index (χ3v) is 3.13. The zero-order valence-electron chi connectivity index (χ0n) is 12.7. The summed E-state index contributed by atoms with van der Waals surface area (Å²) in [6.45, 7) is 3.59. The number of aliphatic imine (C=N–C) groups is 1. The van der Waals surface area contributed by atoms with Crippen LogP contribution in [0.1, 0.15) is 11.1 Å². The van der Waals surface area contributed by atoms with Crippen molar-refractivity contribution >= 4 is 17.3 Å². The number of hydrogen-bond acceptors (Lipinski definition) is 3. The van der Waals surface area contributed by atoms with Gasteiger partial charge >= 0.3 is 0 Å². The Bertz CT molecular complexity index is 789. The molecule has 6 heteroatoms. The summed E-state index contributed by atoms with van der Waals surface area (Å²) in [7, 11) is 0. The molecule has 0 atom stereocenters. The second kappa shape index (κ2) is 8.26. The van der Waals surface area contributed by atoms with E-state index in [2.05, 4.69) is 11.6 Å². The molecule has 0 amide bonds. The molecule has 0 aliphatic rings. The lowest BCUT2D eigenvalue weighted by atomic mass is 10.1. The fraction of sp³-hybridized carbons (Fsp3) is 0.0556. The van der Waals surface area contributed by atoms with Crippen LogP contribution in [0.2, 0.25) is 0 Å². The van der Waals surface area contributed by atoms with Gasteiger partial charge in [-0.1, -0.05) is 48.5 Å². The number of nitrogens with two attached hydrogens (primary N) is 1. The fourth-order valence-electron chi connectivity index (χ4n) is 1.99. The van der Waals surface area contributed by atoms with Gasteiger partial charge in [-0.2, -0.15) is 0 Å². The van der Waals surface area contributed by atoms with Gasteiger partial charge in [-0.15, -0.1) is 0 Å². The molecule has 0 aromatic heterocycles. The third kappa shape index (κ3) is 4.67. The second-order valence-electron chi connectivity index (χ2n) is 4.77. The molecular formula is C18H15ClF2N2O. The van der Waals surface area contributed by atoms with E-state index < -0.39 is 11.6 Å². The van der Waals surface area contributed by atoms with Gasteiger partial charge in [0.15, 0.2) is 5.83 Å². The molecule has 0 bridgehead atoms. The van der Waals surface area contributed by atoms with E-state index in [1.54, 1.807) is 0 Å². The Hall–Kier alpha value is -2.66. The highest BCUT2D eigenvalue weighted by molar-refractivity contribution is 6.30. The summed E-state index contributed by atoms with van der Waals surface area (Å²) in [6.07, 6.45) is 0.739. The molecule has 24 heavy (non-hydrogen) atoms. The van der Waals surface area contributed by atoms with Crippen molar-refractivity contribution in [1.29, 1.82) is 0 Å². The molecule has 0 spiro atoms. The molecule has 2 aromatic carbocycles. The van der Waals surface area contributed by atoms with Crippen molar-refractivity contribution in [2.75, 3.05) is 0 Å². The molecule has 0 aliphatic heterocycles. The van der Waals surface area contributed by atoms with E-state index in [9.17, 15) is 8.78 Å². The second-order valence-corrected chi connectivity index (χ2v) is 5.20. The van der Waals surface area contributed by atoms with Crippen LogP contribution in [0.15, 0.2) is 77.3 Å². The fourth-order valence-corrected chi connectivity index (χ4v) is 2.07. The first kappa shape index (κ1) is 17.7. The molecule has 0 fully saturated rings. The minimum Gasteiger partial charge on any atom is -0.488 e. The Kier molecular flexibility index (Phi) is 6.09. The summed E-state index contributed by atoms with van der Waals surface area (Å²) < 4.78 is 33.3. The maximum atomic E-state index is 14.0. The number of halogens is 3. The quantitative estimate of drug-likeness (QED) is 0.609. The maximum absolute atomic E-state index is 14.0. The Morgan fingerprint density at radius 1 is 1.25 bits per heavy atom. The van der Waals surface area contributed by atoms with Crippen molar-refractivity contribution in [2.45, 2.75) is 6.61 Å². The largest absolute Gasteiger partial charge is 0.488 e. The van der Waals surface area contributed by atoms with E-state index >= 15 is 0 Å². The highest BCUT2D eigenvalue weighted by Crippen LogP contribution is 2.26. The van der Waals surface area contributed by atoms with E-state index in [0.717, 1.165) is 17.8 Å². The number of allylic oxidation sites excluding steroid dienone is 1. The molecule has 2 aromatic rings. The number of nitrogens with zero attached hydrogens (tertiary/aromatic N) is 1. The van der Waals surface area contributed by atoms with Crippen LogP contribution in [0.3, 0.4) is 0 Å². The van der Waals surface area contributed by atoms with E-state index in [1.165, 1.54) is 12.1 Å². The normalized spacial score (nSPS) is 12.1. The van der Waals surface area contributed by atoms with Crippen molar-refractivity contribution in [1.82, 2.24) is 0 Å². The topological polar surface area (TPSA) is 47.6 Å². The lowest BCUT2D eigenvalue weighted by Crippen LogP contribution is -2.08. The van der Waals surface area contributed by atoms with Crippen molar-refractivity contribution in [3.8, 4) is 5.75 Å². The van der Waals surface area contributed by atoms with Gasteiger partial charge in [0, 0.05) is 17.8 Å². The van der Waals surface area contributed by atoms with E-state index in [4.69, 9.17) is 22.1 Å². The van der Waals surface area contributed by atoms with Crippen LogP contribution in [0.25, 0.3) is 0 Å². The van der Waals surface area contributed by atoms with Crippen molar-refractivity contribution < 1.29 is 13.5 Å². The summed E-state index contributed by atoms with van der Waals surface area (Å²) in [4.78, 5) is 3.83. The van der Waals surface area contributed by atoms with Gasteiger partial charge < -0.3 is 10.5 Å². The van der Waals surface area contributed by atoms with Crippen LogP contribution < -0.4 is 10.5 Å². The van der Waals surface area contributed by atoms with Crippen molar-refractivity contribution in [2.24, 2.45) is 10.7 Å². The van der Waals surface area contributed by atoms with Gasteiger partial charge in [-0.05, 0) is 17.7 Å². The van der Waals surface area contributed by atoms with Crippen LogP contribution in [0, 0.1) is 5.82 Å². The zero-order chi connectivity index (χ0) is 17.5. The molecule has 0 radical (unpaired) electrons. The standard InChI is InChI=1S/C18H15ClF2N2O/c1-12(19)23-18(16(21)10-22)15-8-7-14(20)9-17(15)24-11-13-5-3-2-4-6-13/h2-10H,1,11,22H2/b16-10+,23-18?. The summed E-state index contributed by atoms with van der Waals surface area (Å²) >= 11 is 5.65. The minimum absolute atomic E-state index is 0.118. The highest BCUT2D eigenvalue weighted by Gasteiger charge is 2.16. The molecule has 0 saturated carbocycles. The van der Waals surface area contributed by atoms with E-state index in [-0.39, 0.29) is 28.8 Å². The van der Waals surface area contributed by atoms with Gasteiger partial charge in [0.05, 0.1) is 0 Å². The van der Waals surface area contributed by atoms with Crippen molar-refractivity contribution in [3.63, 3.8) is 0 Å². The molecular weight excluding hydrogens is 334 g/mol. The van der Waals surface area contributed by atoms with Crippen LogP contribution in [-0.2, 0) is 6.61 Å².